The highest BCUT2D eigenvalue weighted by atomic mass is 16.8. The van der Waals surface area contributed by atoms with Crippen molar-refractivity contribution in [2.75, 3.05) is 19.8 Å². The van der Waals surface area contributed by atoms with Crippen LogP contribution in [0.3, 0.4) is 0 Å². The molecule has 31 unspecified atom stereocenters. The minimum atomic E-state index is -2.29. The molecule has 4 heterocycles. The quantitative estimate of drug-likeness (QED) is 0.0386. The molecule has 27 heteroatoms. The third kappa shape index (κ3) is 11.3. The molecule has 9 aliphatic rings. The van der Waals surface area contributed by atoms with Crippen molar-refractivity contribution < 1.29 is 133 Å². The first-order valence-corrected chi connectivity index (χ1v) is 30.9. The van der Waals surface area contributed by atoms with Crippen LogP contribution in [0.2, 0.25) is 0 Å². The van der Waals surface area contributed by atoms with Crippen LogP contribution < -0.4 is 0 Å². The Labute approximate surface area is 511 Å². The van der Waals surface area contributed by atoms with E-state index in [0.29, 0.717) is 44.1 Å². The van der Waals surface area contributed by atoms with E-state index < -0.39 is 223 Å². The number of aliphatic hydroxyl groups excluding tert-OH is 13. The number of aliphatic carboxylic acids is 1. The van der Waals surface area contributed by atoms with Crippen molar-refractivity contribution in [1.29, 1.82) is 0 Å². The fourth-order valence-electron chi connectivity index (χ4n) is 17.6. The minimum absolute atomic E-state index is 0.0311. The zero-order valence-corrected chi connectivity index (χ0v) is 51.9. The van der Waals surface area contributed by atoms with Crippen molar-refractivity contribution in [3.05, 3.63) is 23.3 Å². The van der Waals surface area contributed by atoms with E-state index in [2.05, 4.69) is 26.8 Å². The Kier molecular flexibility index (Phi) is 20.0. The third-order valence-corrected chi connectivity index (χ3v) is 23.0. The maximum atomic E-state index is 13.5. The van der Waals surface area contributed by atoms with Gasteiger partial charge in [-0.3, -0.25) is 4.79 Å². The molecular formula is C61H96O27. The van der Waals surface area contributed by atoms with Gasteiger partial charge in [0.25, 0.3) is 0 Å². The molecule has 502 valence electrons. The molecule has 88 heavy (non-hydrogen) atoms. The number of carboxylic acid groups (broad SMARTS) is 1. The predicted octanol–water partition coefficient (Wildman–Crippen LogP) is -1.44. The zero-order chi connectivity index (χ0) is 65.0. The summed E-state index contributed by atoms with van der Waals surface area (Å²) < 4.78 is 61.5. The Morgan fingerprint density at radius 2 is 1.18 bits per heavy atom. The summed E-state index contributed by atoms with van der Waals surface area (Å²) in [5.74, 6) is -3.67. The molecule has 0 amide bonds. The lowest BCUT2D eigenvalue weighted by Gasteiger charge is -2.72. The molecule has 9 rings (SSSR count). The maximum absolute atomic E-state index is 13.5. The monoisotopic (exact) mass is 1260 g/mol. The number of carbonyl (C=O) groups is 3. The summed E-state index contributed by atoms with van der Waals surface area (Å²) >= 11 is 0. The van der Waals surface area contributed by atoms with Gasteiger partial charge in [-0.25, -0.2) is 9.59 Å². The van der Waals surface area contributed by atoms with Crippen molar-refractivity contribution in [2.24, 2.45) is 50.2 Å². The van der Waals surface area contributed by atoms with Crippen molar-refractivity contribution in [2.45, 2.75) is 268 Å². The Hall–Kier alpha value is -2.95. The van der Waals surface area contributed by atoms with Crippen LogP contribution in [-0.2, 0) is 61.8 Å². The molecule has 27 nitrogen and oxygen atoms in total. The number of ether oxygens (including phenoxy) is 10. The van der Waals surface area contributed by atoms with E-state index in [9.17, 15) is 85.9 Å². The van der Waals surface area contributed by atoms with E-state index in [-0.39, 0.29) is 18.3 Å². The van der Waals surface area contributed by atoms with E-state index in [0.717, 1.165) is 5.57 Å². The van der Waals surface area contributed by atoms with Crippen LogP contribution in [0, 0.1) is 50.2 Å². The van der Waals surface area contributed by atoms with E-state index >= 15 is 0 Å². The van der Waals surface area contributed by atoms with Crippen molar-refractivity contribution in [1.82, 2.24) is 0 Å². The third-order valence-electron chi connectivity index (χ3n) is 23.0. The first kappa shape index (κ1) is 69.4. The van der Waals surface area contributed by atoms with E-state index in [1.54, 1.807) is 19.9 Å². The molecule has 4 aliphatic heterocycles. The van der Waals surface area contributed by atoms with Gasteiger partial charge in [0.15, 0.2) is 31.3 Å². The Morgan fingerprint density at radius 1 is 0.614 bits per heavy atom. The van der Waals surface area contributed by atoms with Gasteiger partial charge in [-0.15, -0.1) is 0 Å². The average Bonchev–Trinajstić information content (AvgIpc) is 0.673. The molecule has 31 atom stereocenters. The summed E-state index contributed by atoms with van der Waals surface area (Å²) in [5, 5.41) is 156. The molecular weight excluding hydrogens is 1160 g/mol. The van der Waals surface area contributed by atoms with Crippen LogP contribution in [0.5, 0.6) is 0 Å². The van der Waals surface area contributed by atoms with Crippen LogP contribution in [0.1, 0.15) is 121 Å². The maximum Gasteiger partial charge on any atom is 0.335 e. The van der Waals surface area contributed by atoms with Gasteiger partial charge in [0.2, 0.25) is 0 Å². The molecule has 14 N–H and O–H groups in total. The van der Waals surface area contributed by atoms with E-state index in [4.69, 9.17) is 47.4 Å². The number of carboxylic acids is 1. The molecule has 5 aliphatic carbocycles. The molecule has 0 bridgehead atoms. The standard InChI is InChI=1S/C61H96O27/c1-12-24(2)51(78)88-48-49(80-26(4)65)61(23-64)28(19-56(48,5)6)27-13-14-32-58(9)17-16-34(57(7,8)31(58)15-18-59(32,10)60(27,11)20-33(61)66)83-55-47(87-53-42(74)39(71)36(68)29(21-62)81-53)44(43(75)45(85-55)50(76)77)84-54-46(40(72)37(69)30(22-63)82-54)86-52-41(73)38(70)35(67)25(3)79-52/h12-13,25,28-49,52-55,62-64,66-75H,14-23H2,1-11H3,(H,76,77). The number of aliphatic hydroxyl groups is 13. The average molecular weight is 1260 g/mol. The van der Waals surface area contributed by atoms with Crippen LogP contribution in [0.25, 0.3) is 0 Å². The molecule has 0 aromatic heterocycles. The normalized spacial score (nSPS) is 50.9. The SMILES string of the molecule is CC=C(C)C(=O)OC1C(OC(C)=O)C2(CO)C(O)CC3(C)C(=CCC4C5(C)CCC(OC6OC(C(=O)O)C(O)C(OC7OC(CO)C(O)C(O)C7OC7OC(C)C(O)C(O)C7O)C6OC6OC(CO)C(O)C(O)C6O)C(C)(C)C5CCC43C)C2CC1(C)C. The van der Waals surface area contributed by atoms with Crippen LogP contribution in [0.4, 0.5) is 0 Å². The van der Waals surface area contributed by atoms with Gasteiger partial charge in [0.1, 0.15) is 97.7 Å². The lowest BCUT2D eigenvalue weighted by molar-refractivity contribution is -0.406. The van der Waals surface area contributed by atoms with Gasteiger partial charge in [0, 0.05) is 17.9 Å². The topological polar surface area (TPSA) is 427 Å². The molecule has 0 radical (unpaired) electrons. The lowest BCUT2D eigenvalue weighted by atomic mass is 9.33. The number of esters is 2. The molecule has 0 aromatic carbocycles. The highest BCUT2D eigenvalue weighted by molar-refractivity contribution is 5.87. The largest absolute Gasteiger partial charge is 0.479 e. The predicted molar refractivity (Wildman–Crippen MR) is 299 cm³/mol. The van der Waals surface area contributed by atoms with Crippen LogP contribution in [-0.4, -0.2) is 256 Å². The summed E-state index contributed by atoms with van der Waals surface area (Å²) in [7, 11) is 0. The Balaban J connectivity index is 1.05. The Morgan fingerprint density at radius 3 is 1.77 bits per heavy atom. The van der Waals surface area contributed by atoms with Gasteiger partial charge >= 0.3 is 17.9 Å². The number of hydrogen-bond acceptors (Lipinski definition) is 26. The summed E-state index contributed by atoms with van der Waals surface area (Å²) in [6, 6.07) is 0. The van der Waals surface area contributed by atoms with Crippen LogP contribution >= 0.6 is 0 Å². The highest BCUT2D eigenvalue weighted by Gasteiger charge is 2.74. The second-order valence-corrected chi connectivity index (χ2v) is 28.5. The fraction of sp³-hybridized carbons (Fsp3) is 0.885. The molecule has 0 spiro atoms. The summed E-state index contributed by atoms with van der Waals surface area (Å²) in [4.78, 5) is 39.8. The van der Waals surface area contributed by atoms with Crippen molar-refractivity contribution in [3.63, 3.8) is 0 Å². The number of hydrogen-bond donors (Lipinski definition) is 14. The van der Waals surface area contributed by atoms with Crippen molar-refractivity contribution in [3.8, 4) is 0 Å². The lowest BCUT2D eigenvalue weighted by Crippen LogP contribution is -2.72. The summed E-state index contributed by atoms with van der Waals surface area (Å²) in [6.07, 6.45) is -35.3. The van der Waals surface area contributed by atoms with Gasteiger partial charge in [-0.1, -0.05) is 66.2 Å². The Bertz CT molecular complexity index is 2580. The fourth-order valence-corrected chi connectivity index (χ4v) is 17.6. The van der Waals surface area contributed by atoms with Gasteiger partial charge in [-0.05, 0) is 105 Å². The first-order valence-electron chi connectivity index (χ1n) is 30.9. The molecule has 0 aromatic rings. The number of carbonyl (C=O) groups excluding carboxylic acids is 2. The number of rotatable bonds is 15. The van der Waals surface area contributed by atoms with Crippen LogP contribution in [0.15, 0.2) is 23.3 Å². The zero-order valence-electron chi connectivity index (χ0n) is 51.9. The number of fused-ring (bicyclic) bond motifs is 7. The summed E-state index contributed by atoms with van der Waals surface area (Å²) in [6.45, 7) is 18.1. The van der Waals surface area contributed by atoms with E-state index in [1.165, 1.54) is 13.8 Å². The second kappa shape index (κ2) is 25.4. The first-order chi connectivity index (χ1) is 41.1. The van der Waals surface area contributed by atoms with Gasteiger partial charge in [-0.2, -0.15) is 0 Å². The highest BCUT2D eigenvalue weighted by Crippen LogP contribution is 2.76. The molecule has 4 saturated heterocycles. The summed E-state index contributed by atoms with van der Waals surface area (Å²) in [5.41, 5.74) is -3.32. The van der Waals surface area contributed by atoms with Crippen molar-refractivity contribution >= 4 is 17.9 Å². The van der Waals surface area contributed by atoms with Gasteiger partial charge in [0.05, 0.1) is 43.5 Å². The minimum Gasteiger partial charge on any atom is -0.479 e. The van der Waals surface area contributed by atoms with Gasteiger partial charge < -0.3 is 119 Å². The number of allylic oxidation sites excluding steroid dienone is 3. The smallest absolute Gasteiger partial charge is 0.335 e. The van der Waals surface area contributed by atoms with E-state index in [1.807, 2.05) is 27.7 Å². The second-order valence-electron chi connectivity index (χ2n) is 28.5. The molecule has 8 fully saturated rings. The molecule has 4 saturated carbocycles.